The van der Waals surface area contributed by atoms with E-state index < -0.39 is 37.6 Å². The SMILES string of the molecule is CN1C2CCCC1CC2.O=[N+]([O-])c1cc([N+](=O)[O-])c(O)c([N+](=O)[O-])c1. The van der Waals surface area contributed by atoms with Gasteiger partial charge in [0.15, 0.2) is 0 Å². The maximum absolute atomic E-state index is 10.4. The van der Waals surface area contributed by atoms with Crippen LogP contribution in [0.25, 0.3) is 0 Å². The van der Waals surface area contributed by atoms with E-state index in [2.05, 4.69) is 11.9 Å². The van der Waals surface area contributed by atoms with E-state index in [0.717, 1.165) is 12.1 Å². The number of phenols is 1. The lowest BCUT2D eigenvalue weighted by Gasteiger charge is -2.30. The normalized spacial score (nSPS) is 22.0. The number of nitro groups is 3. The monoisotopic (exact) mass is 354 g/mol. The molecule has 2 bridgehead atoms. The Hall–Kier alpha value is -2.82. The first-order valence-corrected chi connectivity index (χ1v) is 7.74. The number of benzene rings is 1. The van der Waals surface area contributed by atoms with Gasteiger partial charge >= 0.3 is 11.4 Å². The van der Waals surface area contributed by atoms with Crippen LogP contribution in [0, 0.1) is 30.3 Å². The Morgan fingerprint density at radius 2 is 1.36 bits per heavy atom. The average molecular weight is 354 g/mol. The lowest BCUT2D eigenvalue weighted by atomic mass is 10.0. The zero-order valence-corrected chi connectivity index (χ0v) is 13.5. The molecule has 2 atom stereocenters. The van der Waals surface area contributed by atoms with Gasteiger partial charge in [0, 0.05) is 12.1 Å². The highest BCUT2D eigenvalue weighted by Crippen LogP contribution is 2.39. The van der Waals surface area contributed by atoms with Crippen molar-refractivity contribution in [3.8, 4) is 5.75 Å². The fourth-order valence-corrected chi connectivity index (χ4v) is 3.35. The van der Waals surface area contributed by atoms with Gasteiger partial charge in [0.2, 0.25) is 0 Å². The lowest BCUT2D eigenvalue weighted by Crippen LogP contribution is -2.35. The van der Waals surface area contributed by atoms with Crippen LogP contribution in [0.3, 0.4) is 0 Å². The Kier molecular flexibility index (Phi) is 5.47. The number of nitrogens with zero attached hydrogens (tertiary/aromatic N) is 4. The number of non-ortho nitro benzene ring substituents is 1. The van der Waals surface area contributed by atoms with Crippen molar-refractivity contribution in [2.45, 2.75) is 44.2 Å². The second kappa shape index (κ2) is 7.38. The topological polar surface area (TPSA) is 153 Å². The van der Waals surface area contributed by atoms with Crippen molar-refractivity contribution < 1.29 is 19.9 Å². The van der Waals surface area contributed by atoms with Crippen LogP contribution in [-0.4, -0.2) is 43.9 Å². The summed E-state index contributed by atoms with van der Waals surface area (Å²) in [5, 5.41) is 40.2. The van der Waals surface area contributed by atoms with Gasteiger partial charge in [-0.25, -0.2) is 0 Å². The molecule has 2 unspecified atom stereocenters. The number of aromatic hydroxyl groups is 1. The molecule has 0 amide bonds. The van der Waals surface area contributed by atoms with Gasteiger partial charge in [-0.05, 0) is 32.7 Å². The van der Waals surface area contributed by atoms with E-state index in [9.17, 15) is 30.3 Å². The quantitative estimate of drug-likeness (QED) is 0.642. The predicted molar refractivity (Wildman–Crippen MR) is 86.5 cm³/mol. The minimum atomic E-state index is -1.21. The summed E-state index contributed by atoms with van der Waals surface area (Å²) in [6, 6.07) is 2.82. The van der Waals surface area contributed by atoms with E-state index in [0.29, 0.717) is 12.1 Å². The number of piperidine rings is 1. The number of hydrogen-bond acceptors (Lipinski definition) is 8. The van der Waals surface area contributed by atoms with E-state index in [-0.39, 0.29) is 0 Å². The number of nitro benzene ring substituents is 3. The summed E-state index contributed by atoms with van der Waals surface area (Å²) in [7, 11) is 2.29. The van der Waals surface area contributed by atoms with Crippen molar-refractivity contribution in [3.63, 3.8) is 0 Å². The second-order valence-electron chi connectivity index (χ2n) is 6.09. The molecule has 0 aliphatic carbocycles. The van der Waals surface area contributed by atoms with Crippen LogP contribution >= 0.6 is 0 Å². The van der Waals surface area contributed by atoms with Crippen LogP contribution in [0.2, 0.25) is 0 Å². The van der Waals surface area contributed by atoms with Gasteiger partial charge in [-0.15, -0.1) is 0 Å². The molecule has 1 N–H and O–H groups in total. The van der Waals surface area contributed by atoms with E-state index in [1.807, 2.05) is 0 Å². The number of fused-ring (bicyclic) bond motifs is 2. The molecule has 25 heavy (non-hydrogen) atoms. The van der Waals surface area contributed by atoms with Gasteiger partial charge in [0.25, 0.3) is 11.4 Å². The van der Waals surface area contributed by atoms with Gasteiger partial charge in [-0.2, -0.15) is 0 Å². The van der Waals surface area contributed by atoms with E-state index in [4.69, 9.17) is 5.11 Å². The Morgan fingerprint density at radius 1 is 0.920 bits per heavy atom. The molecule has 2 heterocycles. The third-order valence-corrected chi connectivity index (χ3v) is 4.72. The van der Waals surface area contributed by atoms with Gasteiger partial charge in [-0.1, -0.05) is 6.42 Å². The molecule has 2 aliphatic heterocycles. The number of rotatable bonds is 3. The Bertz CT molecular complexity index is 657. The Morgan fingerprint density at radius 3 is 1.68 bits per heavy atom. The third-order valence-electron chi connectivity index (χ3n) is 4.72. The van der Waals surface area contributed by atoms with Gasteiger partial charge < -0.3 is 10.0 Å². The minimum Gasteiger partial charge on any atom is -0.497 e. The molecule has 2 fully saturated rings. The summed E-state index contributed by atoms with van der Waals surface area (Å²) in [5.41, 5.74) is -3.00. The first kappa shape index (κ1) is 18.5. The predicted octanol–water partition coefficient (Wildman–Crippen LogP) is 2.75. The fourth-order valence-electron chi connectivity index (χ4n) is 3.35. The molecule has 2 aliphatic rings. The minimum absolute atomic E-state index is 0.447. The zero-order valence-electron chi connectivity index (χ0n) is 13.5. The van der Waals surface area contributed by atoms with Crippen LogP contribution in [0.1, 0.15) is 32.1 Å². The van der Waals surface area contributed by atoms with Crippen molar-refractivity contribution in [2.75, 3.05) is 7.05 Å². The van der Waals surface area contributed by atoms with Crippen molar-refractivity contribution in [3.05, 3.63) is 42.5 Å². The van der Waals surface area contributed by atoms with E-state index in [1.165, 1.54) is 32.1 Å². The van der Waals surface area contributed by atoms with Crippen molar-refractivity contribution in [1.29, 1.82) is 0 Å². The number of hydrogen-bond donors (Lipinski definition) is 1. The molecule has 11 nitrogen and oxygen atoms in total. The van der Waals surface area contributed by atoms with Gasteiger partial charge in [0.1, 0.15) is 0 Å². The number of phenolic OH excluding ortho intramolecular Hbond substituents is 1. The van der Waals surface area contributed by atoms with Crippen molar-refractivity contribution >= 4 is 17.1 Å². The first-order chi connectivity index (χ1) is 11.7. The zero-order chi connectivity index (χ0) is 18.7. The summed E-state index contributed by atoms with van der Waals surface area (Å²) in [6.07, 6.45) is 7.36. The van der Waals surface area contributed by atoms with Crippen molar-refractivity contribution in [2.24, 2.45) is 0 Å². The summed E-state index contributed by atoms with van der Waals surface area (Å²) >= 11 is 0. The molecule has 1 aromatic carbocycles. The first-order valence-electron chi connectivity index (χ1n) is 7.74. The van der Waals surface area contributed by atoms with Crippen LogP contribution in [0.5, 0.6) is 5.75 Å². The highest BCUT2D eigenvalue weighted by atomic mass is 16.6. The molecular formula is C14H18N4O7. The maximum atomic E-state index is 10.4. The third kappa shape index (κ3) is 3.99. The lowest BCUT2D eigenvalue weighted by molar-refractivity contribution is -0.404. The van der Waals surface area contributed by atoms with Crippen LogP contribution in [0.15, 0.2) is 12.1 Å². The standard InChI is InChI=1S/C8H15N.C6H3N3O7/c1-9-7-3-2-4-8(9)6-5-7;10-6-4(8(13)14)1-3(7(11)12)2-5(6)9(15)16/h7-8H,2-6H2,1H3;1-2,10H. The van der Waals surface area contributed by atoms with E-state index in [1.54, 1.807) is 0 Å². The molecule has 0 radical (unpaired) electrons. The molecule has 0 aromatic heterocycles. The molecule has 11 heteroatoms. The fraction of sp³-hybridized carbons (Fsp3) is 0.571. The second-order valence-corrected chi connectivity index (χ2v) is 6.09. The largest absolute Gasteiger partial charge is 0.497 e. The molecule has 0 saturated carbocycles. The molecule has 136 valence electrons. The van der Waals surface area contributed by atoms with Crippen molar-refractivity contribution in [1.82, 2.24) is 4.90 Å². The Labute approximate surface area is 142 Å². The Balaban J connectivity index is 0.000000208. The van der Waals surface area contributed by atoms with Gasteiger partial charge in [-0.3, -0.25) is 30.3 Å². The summed E-state index contributed by atoms with van der Waals surface area (Å²) in [6.45, 7) is 0. The van der Waals surface area contributed by atoms with Gasteiger partial charge in [0.05, 0.1) is 26.9 Å². The van der Waals surface area contributed by atoms with Crippen LogP contribution in [-0.2, 0) is 0 Å². The highest BCUT2D eigenvalue weighted by Gasteiger charge is 2.33. The van der Waals surface area contributed by atoms with Crippen LogP contribution < -0.4 is 0 Å². The summed E-state index contributed by atoms with van der Waals surface area (Å²) < 4.78 is 0. The maximum Gasteiger partial charge on any atom is 0.324 e. The summed E-state index contributed by atoms with van der Waals surface area (Å²) in [5.74, 6) is -1.21. The van der Waals surface area contributed by atoms with E-state index >= 15 is 0 Å². The smallest absolute Gasteiger partial charge is 0.324 e. The van der Waals surface area contributed by atoms with Crippen LogP contribution in [0.4, 0.5) is 17.1 Å². The molecular weight excluding hydrogens is 336 g/mol. The summed E-state index contributed by atoms with van der Waals surface area (Å²) in [4.78, 5) is 30.4. The average Bonchev–Trinajstić information content (AvgIpc) is 2.75. The highest BCUT2D eigenvalue weighted by molar-refractivity contribution is 5.64. The molecule has 3 rings (SSSR count). The molecule has 0 spiro atoms. The molecule has 2 saturated heterocycles. The molecule has 1 aromatic rings.